The number of anilines is 1. The number of pyridine rings is 1. The Morgan fingerprint density at radius 1 is 1.11 bits per heavy atom. The lowest BCUT2D eigenvalue weighted by Gasteiger charge is -2.16. The van der Waals surface area contributed by atoms with Crippen molar-refractivity contribution in [2.75, 3.05) is 5.32 Å². The summed E-state index contributed by atoms with van der Waals surface area (Å²) in [6.45, 7) is 0. The van der Waals surface area contributed by atoms with Crippen molar-refractivity contribution >= 4 is 28.7 Å². The van der Waals surface area contributed by atoms with Gasteiger partial charge in [-0.25, -0.2) is 9.37 Å². The van der Waals surface area contributed by atoms with Crippen molar-refractivity contribution in [1.29, 1.82) is 0 Å². The van der Waals surface area contributed by atoms with Crippen LogP contribution in [0, 0.1) is 5.82 Å². The van der Waals surface area contributed by atoms with Crippen molar-refractivity contribution in [2.45, 2.75) is 24.9 Å². The average Bonchev–Trinajstić information content (AvgIpc) is 3.37. The van der Waals surface area contributed by atoms with Crippen LogP contribution in [0.2, 0.25) is 0 Å². The van der Waals surface area contributed by atoms with Gasteiger partial charge in [0.05, 0.1) is 16.6 Å². The van der Waals surface area contributed by atoms with Crippen molar-refractivity contribution in [3.63, 3.8) is 0 Å². The fraction of sp³-hybridized carbons (Fsp3) is 0.190. The molecule has 134 valence electrons. The van der Waals surface area contributed by atoms with Crippen molar-refractivity contribution in [3.8, 4) is 0 Å². The minimum Gasteiger partial charge on any atom is -0.326 e. The summed E-state index contributed by atoms with van der Waals surface area (Å²) in [4.78, 5) is 15.5. The second kappa shape index (κ2) is 6.70. The Kier molecular flexibility index (Phi) is 4.05. The fourth-order valence-electron chi connectivity index (χ4n) is 3.17. The van der Waals surface area contributed by atoms with E-state index in [0.717, 1.165) is 46.2 Å². The molecule has 3 aromatic rings. The van der Waals surface area contributed by atoms with Crippen LogP contribution in [-0.4, -0.2) is 22.6 Å². The highest BCUT2D eigenvalue weighted by atomic mass is 32.1. The molecule has 1 aliphatic carbocycles. The minimum atomic E-state index is -0.396. The topological polar surface area (TPSA) is 49.6 Å². The van der Waals surface area contributed by atoms with Crippen LogP contribution in [0.1, 0.15) is 34.9 Å². The van der Waals surface area contributed by atoms with Gasteiger partial charge in [-0.05, 0) is 54.1 Å². The number of nitrogens with zero attached hydrogens (tertiary/aromatic N) is 3. The molecular weight excluding hydrogens is 359 g/mol. The van der Waals surface area contributed by atoms with E-state index in [9.17, 15) is 4.39 Å². The molecule has 6 heteroatoms. The molecule has 0 radical (unpaired) electrons. The molecule has 3 heterocycles. The number of benzene rings is 1. The van der Waals surface area contributed by atoms with Gasteiger partial charge in [0, 0.05) is 11.8 Å². The Hall–Kier alpha value is -2.86. The van der Waals surface area contributed by atoms with E-state index in [4.69, 9.17) is 9.98 Å². The number of hydrogen-bond acceptors (Lipinski definition) is 4. The molecule has 1 fully saturated rings. The third-order valence-corrected chi connectivity index (χ3v) is 5.49. The summed E-state index contributed by atoms with van der Waals surface area (Å²) >= 11 is 1.63. The van der Waals surface area contributed by atoms with Crippen LogP contribution in [0.3, 0.4) is 0 Å². The van der Waals surface area contributed by atoms with Gasteiger partial charge in [-0.3, -0.25) is 9.98 Å². The summed E-state index contributed by atoms with van der Waals surface area (Å²) in [6.07, 6.45) is 3.92. The molecule has 1 saturated carbocycles. The molecule has 0 saturated heterocycles. The van der Waals surface area contributed by atoms with Gasteiger partial charge in [0.15, 0.2) is 0 Å². The lowest BCUT2D eigenvalue weighted by molar-refractivity contribution is 0.624. The third kappa shape index (κ3) is 3.28. The van der Waals surface area contributed by atoms with Crippen molar-refractivity contribution in [3.05, 3.63) is 81.9 Å². The number of hydrogen-bond donors (Lipinski definition) is 1. The fourth-order valence-corrected chi connectivity index (χ4v) is 3.90. The largest absolute Gasteiger partial charge is 0.326 e. The van der Waals surface area contributed by atoms with Crippen LogP contribution in [0.25, 0.3) is 0 Å². The van der Waals surface area contributed by atoms with Gasteiger partial charge >= 0.3 is 0 Å². The van der Waals surface area contributed by atoms with Gasteiger partial charge < -0.3 is 5.32 Å². The second-order valence-corrected chi connectivity index (χ2v) is 7.63. The number of halogens is 1. The van der Waals surface area contributed by atoms with Crippen LogP contribution in [0.4, 0.5) is 10.2 Å². The molecule has 27 heavy (non-hydrogen) atoms. The maximum absolute atomic E-state index is 13.9. The normalized spacial score (nSPS) is 20.6. The molecule has 2 aliphatic rings. The highest BCUT2D eigenvalue weighted by molar-refractivity contribution is 7.12. The second-order valence-electron chi connectivity index (χ2n) is 6.68. The zero-order valence-electron chi connectivity index (χ0n) is 14.5. The van der Waals surface area contributed by atoms with Crippen LogP contribution < -0.4 is 5.32 Å². The Morgan fingerprint density at radius 3 is 2.81 bits per heavy atom. The van der Waals surface area contributed by atoms with E-state index in [2.05, 4.69) is 10.3 Å². The lowest BCUT2D eigenvalue weighted by atomic mass is 10.1. The summed E-state index contributed by atoms with van der Waals surface area (Å²) in [5.41, 5.74) is 2.57. The van der Waals surface area contributed by atoms with Gasteiger partial charge in [-0.2, -0.15) is 0 Å². The van der Waals surface area contributed by atoms with Gasteiger partial charge in [0.25, 0.3) is 0 Å². The Balaban J connectivity index is 1.72. The zero-order valence-corrected chi connectivity index (χ0v) is 15.3. The number of amidine groups is 1. The summed E-state index contributed by atoms with van der Waals surface area (Å²) in [5, 5.41) is 5.43. The summed E-state index contributed by atoms with van der Waals surface area (Å²) < 4.78 is 13.9. The number of aromatic nitrogens is 1. The van der Waals surface area contributed by atoms with E-state index in [1.54, 1.807) is 23.6 Å². The van der Waals surface area contributed by atoms with Crippen molar-refractivity contribution in [1.82, 2.24) is 4.98 Å². The predicted molar refractivity (Wildman–Crippen MR) is 107 cm³/mol. The van der Waals surface area contributed by atoms with Crippen LogP contribution >= 0.6 is 11.3 Å². The van der Waals surface area contributed by atoms with E-state index in [1.807, 2.05) is 35.7 Å². The summed E-state index contributed by atoms with van der Waals surface area (Å²) in [7, 11) is 0. The van der Waals surface area contributed by atoms with Gasteiger partial charge in [-0.15, -0.1) is 11.3 Å². The molecular formula is C21H17FN4S. The molecule has 1 aromatic carbocycles. The number of thiophene rings is 1. The SMILES string of the molecule is Fc1cccc(C2N=C(c3cccs3)c3cccnc3NC2=NC2CC2)c1. The molecule has 0 amide bonds. The number of fused-ring (bicyclic) bond motifs is 1. The monoisotopic (exact) mass is 376 g/mol. The number of nitrogens with one attached hydrogen (secondary N) is 1. The minimum absolute atomic E-state index is 0.272. The zero-order chi connectivity index (χ0) is 18.2. The van der Waals surface area contributed by atoms with Gasteiger partial charge in [0.1, 0.15) is 23.5 Å². The van der Waals surface area contributed by atoms with E-state index in [0.29, 0.717) is 6.04 Å². The molecule has 1 atom stereocenters. The van der Waals surface area contributed by atoms with Crippen LogP contribution in [0.15, 0.2) is 70.1 Å². The maximum Gasteiger partial charge on any atom is 0.140 e. The van der Waals surface area contributed by atoms with Crippen LogP contribution in [-0.2, 0) is 0 Å². The van der Waals surface area contributed by atoms with E-state index >= 15 is 0 Å². The average molecular weight is 376 g/mol. The Bertz CT molecular complexity index is 1040. The maximum atomic E-state index is 13.9. The quantitative estimate of drug-likeness (QED) is 0.711. The molecule has 1 unspecified atom stereocenters. The lowest BCUT2D eigenvalue weighted by Crippen LogP contribution is -2.21. The Morgan fingerprint density at radius 2 is 2.04 bits per heavy atom. The standard InChI is InChI=1S/C21H17FN4S/c22-14-5-1-4-13(12-14)18-21(24-15-8-9-15)26-20-16(6-2-10-23-20)19(25-18)17-7-3-11-27-17/h1-7,10-12,15,18H,8-9H2,(H,23,24,26). The first-order chi connectivity index (χ1) is 13.3. The van der Waals surface area contributed by atoms with E-state index < -0.39 is 6.04 Å². The molecule has 1 N–H and O–H groups in total. The van der Waals surface area contributed by atoms with E-state index in [1.165, 1.54) is 12.1 Å². The molecule has 0 spiro atoms. The summed E-state index contributed by atoms with van der Waals surface area (Å²) in [5.74, 6) is 1.20. The molecule has 0 bridgehead atoms. The first kappa shape index (κ1) is 16.3. The molecule has 5 rings (SSSR count). The van der Waals surface area contributed by atoms with Crippen molar-refractivity contribution in [2.24, 2.45) is 9.98 Å². The van der Waals surface area contributed by atoms with E-state index in [-0.39, 0.29) is 5.82 Å². The van der Waals surface area contributed by atoms with Gasteiger partial charge in [0.2, 0.25) is 0 Å². The van der Waals surface area contributed by atoms with Gasteiger partial charge in [-0.1, -0.05) is 18.2 Å². The smallest absolute Gasteiger partial charge is 0.140 e. The first-order valence-electron chi connectivity index (χ1n) is 8.95. The Labute approximate surface area is 160 Å². The highest BCUT2D eigenvalue weighted by Gasteiger charge is 2.30. The third-order valence-electron chi connectivity index (χ3n) is 4.61. The number of rotatable bonds is 3. The molecule has 1 aliphatic heterocycles. The predicted octanol–water partition coefficient (Wildman–Crippen LogP) is 4.85. The molecule has 4 nitrogen and oxygen atoms in total. The summed E-state index contributed by atoms with van der Waals surface area (Å²) in [6, 6.07) is 14.5. The highest BCUT2D eigenvalue weighted by Crippen LogP contribution is 2.33. The number of aliphatic imine (C=N–C) groups is 2. The first-order valence-corrected chi connectivity index (χ1v) is 9.83. The molecule has 2 aromatic heterocycles. The van der Waals surface area contributed by atoms with Crippen molar-refractivity contribution < 1.29 is 4.39 Å². The van der Waals surface area contributed by atoms with Crippen LogP contribution in [0.5, 0.6) is 0 Å².